The summed E-state index contributed by atoms with van der Waals surface area (Å²) in [6.45, 7) is 0.679. The Morgan fingerprint density at radius 3 is 3.08 bits per heavy atom. The highest BCUT2D eigenvalue weighted by molar-refractivity contribution is 7.89. The van der Waals surface area contributed by atoms with Gasteiger partial charge < -0.3 is 4.74 Å². The number of thiophene rings is 1. The van der Waals surface area contributed by atoms with E-state index >= 15 is 0 Å². The van der Waals surface area contributed by atoms with E-state index in [1.807, 2.05) is 16.8 Å². The van der Waals surface area contributed by atoms with Crippen molar-refractivity contribution in [2.45, 2.75) is 17.9 Å². The lowest BCUT2D eigenvalue weighted by Crippen LogP contribution is -2.23. The second-order valence-corrected chi connectivity index (χ2v) is 7.88. The average molecular weight is 362 g/mol. The third kappa shape index (κ3) is 2.93. The van der Waals surface area contributed by atoms with Gasteiger partial charge in [-0.05, 0) is 35.2 Å². The van der Waals surface area contributed by atoms with E-state index in [4.69, 9.17) is 4.74 Å². The van der Waals surface area contributed by atoms with Crippen LogP contribution in [0, 0.1) is 0 Å². The number of sulfonamides is 1. The maximum Gasteiger partial charge on any atom is 0.240 e. The topological polar surface area (TPSA) is 86.1 Å². The van der Waals surface area contributed by atoms with Crippen LogP contribution in [0.25, 0.3) is 5.69 Å². The zero-order valence-corrected chi connectivity index (χ0v) is 14.2. The maximum absolute atomic E-state index is 12.4. The number of nitrogens with one attached hydrogen (secondary N) is 1. The van der Waals surface area contributed by atoms with Gasteiger partial charge in [-0.15, -0.1) is 5.10 Å². The van der Waals surface area contributed by atoms with Crippen LogP contribution in [-0.2, 0) is 23.0 Å². The van der Waals surface area contributed by atoms with Crippen LogP contribution >= 0.6 is 11.3 Å². The predicted molar refractivity (Wildman–Crippen MR) is 88.9 cm³/mol. The first-order valence-electron chi connectivity index (χ1n) is 7.31. The molecule has 7 nitrogen and oxygen atoms in total. The molecule has 0 bridgehead atoms. The summed E-state index contributed by atoms with van der Waals surface area (Å²) < 4.78 is 34.4. The number of rotatable bonds is 5. The van der Waals surface area contributed by atoms with Gasteiger partial charge >= 0.3 is 0 Å². The van der Waals surface area contributed by atoms with Gasteiger partial charge in [-0.3, -0.25) is 0 Å². The van der Waals surface area contributed by atoms with Crippen molar-refractivity contribution in [3.63, 3.8) is 0 Å². The van der Waals surface area contributed by atoms with Crippen LogP contribution in [0.3, 0.4) is 0 Å². The standard InChI is InChI=1S/C15H14N4O3S2/c20-24(21,14-1-2-15-11(7-14)3-5-22-15)16-8-12-9-19(18-17-12)13-4-6-23-10-13/h1-2,4,6-7,9-10,16H,3,5,8H2. The second kappa shape index (κ2) is 6.00. The van der Waals surface area contributed by atoms with Crippen LogP contribution in [0.1, 0.15) is 11.3 Å². The molecule has 0 atom stereocenters. The summed E-state index contributed by atoms with van der Waals surface area (Å²) in [7, 11) is -3.61. The molecule has 3 heterocycles. The molecule has 0 radical (unpaired) electrons. The molecule has 2 aromatic heterocycles. The number of aromatic nitrogens is 3. The minimum absolute atomic E-state index is 0.0834. The minimum atomic E-state index is -3.61. The van der Waals surface area contributed by atoms with E-state index < -0.39 is 10.0 Å². The van der Waals surface area contributed by atoms with Crippen molar-refractivity contribution in [2.24, 2.45) is 0 Å². The van der Waals surface area contributed by atoms with Gasteiger partial charge in [0, 0.05) is 11.8 Å². The van der Waals surface area contributed by atoms with Gasteiger partial charge in [0.1, 0.15) is 5.75 Å². The van der Waals surface area contributed by atoms with Crippen LogP contribution in [0.4, 0.5) is 0 Å². The lowest BCUT2D eigenvalue weighted by molar-refractivity contribution is 0.356. The van der Waals surface area contributed by atoms with E-state index in [1.54, 1.807) is 40.4 Å². The van der Waals surface area contributed by atoms with E-state index in [0.717, 1.165) is 23.4 Å². The lowest BCUT2D eigenvalue weighted by atomic mass is 10.2. The average Bonchev–Trinajstić information content (AvgIpc) is 3.32. The van der Waals surface area contributed by atoms with Gasteiger partial charge in [0.25, 0.3) is 0 Å². The Bertz CT molecular complexity index is 965. The second-order valence-electron chi connectivity index (χ2n) is 5.33. The van der Waals surface area contributed by atoms with Crippen molar-refractivity contribution in [3.05, 3.63) is 52.5 Å². The van der Waals surface area contributed by atoms with E-state index in [-0.39, 0.29) is 11.4 Å². The first-order chi connectivity index (χ1) is 11.6. The van der Waals surface area contributed by atoms with Crippen LogP contribution in [0.2, 0.25) is 0 Å². The van der Waals surface area contributed by atoms with Crippen LogP contribution < -0.4 is 9.46 Å². The lowest BCUT2D eigenvalue weighted by Gasteiger charge is -2.06. The Hall–Kier alpha value is -2.23. The van der Waals surface area contributed by atoms with Crippen molar-refractivity contribution >= 4 is 21.4 Å². The molecule has 1 aromatic carbocycles. The third-order valence-corrected chi connectivity index (χ3v) is 5.80. The molecule has 1 aliphatic rings. The van der Waals surface area contributed by atoms with E-state index in [2.05, 4.69) is 15.0 Å². The fourth-order valence-electron chi connectivity index (χ4n) is 2.48. The third-order valence-electron chi connectivity index (χ3n) is 3.73. The summed E-state index contributed by atoms with van der Waals surface area (Å²) in [4.78, 5) is 0.233. The van der Waals surface area contributed by atoms with Crippen LogP contribution in [0.15, 0.2) is 46.1 Å². The molecule has 3 aromatic rings. The van der Waals surface area contributed by atoms with Crippen molar-refractivity contribution in [1.29, 1.82) is 0 Å². The van der Waals surface area contributed by atoms with E-state index in [0.29, 0.717) is 12.3 Å². The van der Waals surface area contributed by atoms with E-state index in [9.17, 15) is 8.42 Å². The Kier molecular flexibility index (Phi) is 3.83. The smallest absolute Gasteiger partial charge is 0.240 e. The largest absolute Gasteiger partial charge is 0.493 e. The number of benzene rings is 1. The van der Waals surface area contributed by atoms with Gasteiger partial charge in [-0.1, -0.05) is 5.21 Å². The predicted octanol–water partition coefficient (Wildman–Crippen LogP) is 1.74. The van der Waals surface area contributed by atoms with Crippen molar-refractivity contribution in [1.82, 2.24) is 19.7 Å². The maximum atomic E-state index is 12.4. The van der Waals surface area contributed by atoms with Crippen molar-refractivity contribution < 1.29 is 13.2 Å². The first-order valence-corrected chi connectivity index (χ1v) is 9.74. The van der Waals surface area contributed by atoms with Crippen LogP contribution in [0.5, 0.6) is 5.75 Å². The minimum Gasteiger partial charge on any atom is -0.493 e. The molecule has 9 heteroatoms. The summed E-state index contributed by atoms with van der Waals surface area (Å²) in [6.07, 6.45) is 2.44. The fraction of sp³-hybridized carbons (Fsp3) is 0.200. The molecule has 0 saturated heterocycles. The quantitative estimate of drug-likeness (QED) is 0.747. The molecule has 0 aliphatic carbocycles. The molecule has 4 rings (SSSR count). The Morgan fingerprint density at radius 2 is 2.25 bits per heavy atom. The highest BCUT2D eigenvalue weighted by Gasteiger charge is 2.19. The molecule has 124 valence electrons. The number of hydrogen-bond donors (Lipinski definition) is 1. The Balaban J connectivity index is 1.49. The molecular formula is C15H14N4O3S2. The summed E-state index contributed by atoms with van der Waals surface area (Å²) in [5, 5.41) is 11.9. The monoisotopic (exact) mass is 362 g/mol. The first kappa shape index (κ1) is 15.3. The highest BCUT2D eigenvalue weighted by atomic mass is 32.2. The summed E-state index contributed by atoms with van der Waals surface area (Å²) >= 11 is 1.56. The number of fused-ring (bicyclic) bond motifs is 1. The molecule has 0 saturated carbocycles. The molecule has 0 amide bonds. The normalized spacial score (nSPS) is 13.7. The zero-order chi connectivity index (χ0) is 16.6. The molecule has 24 heavy (non-hydrogen) atoms. The van der Waals surface area contributed by atoms with Gasteiger partial charge in [0.15, 0.2) is 0 Å². The molecule has 1 N–H and O–H groups in total. The number of ether oxygens (including phenoxy) is 1. The summed E-state index contributed by atoms with van der Waals surface area (Å²) in [6, 6.07) is 6.82. The molecule has 0 unspecified atom stereocenters. The van der Waals surface area contributed by atoms with Gasteiger partial charge in [0.2, 0.25) is 10.0 Å². The summed E-state index contributed by atoms with van der Waals surface area (Å²) in [5.74, 6) is 0.757. The van der Waals surface area contributed by atoms with Crippen molar-refractivity contribution in [2.75, 3.05) is 6.61 Å². The highest BCUT2D eigenvalue weighted by Crippen LogP contribution is 2.27. The Labute approximate surface area is 142 Å². The van der Waals surface area contributed by atoms with Gasteiger partial charge in [-0.25, -0.2) is 17.8 Å². The molecule has 1 aliphatic heterocycles. The fourth-order valence-corrected chi connectivity index (χ4v) is 4.15. The van der Waals surface area contributed by atoms with Crippen LogP contribution in [-0.4, -0.2) is 30.0 Å². The molecular weight excluding hydrogens is 348 g/mol. The SMILES string of the molecule is O=S(=O)(NCc1cn(-c2ccsc2)nn1)c1ccc2c(c1)CCO2. The zero-order valence-electron chi connectivity index (χ0n) is 12.5. The molecule has 0 fully saturated rings. The van der Waals surface area contributed by atoms with Gasteiger partial charge in [-0.2, -0.15) is 11.3 Å². The number of hydrogen-bond acceptors (Lipinski definition) is 6. The molecule has 0 spiro atoms. The summed E-state index contributed by atoms with van der Waals surface area (Å²) in [5.41, 5.74) is 2.37. The van der Waals surface area contributed by atoms with E-state index in [1.165, 1.54) is 0 Å². The van der Waals surface area contributed by atoms with Crippen molar-refractivity contribution in [3.8, 4) is 11.4 Å². The van der Waals surface area contributed by atoms with Gasteiger partial charge in [0.05, 0.1) is 35.6 Å². The Morgan fingerprint density at radius 1 is 1.33 bits per heavy atom. The number of nitrogens with zero attached hydrogens (tertiary/aromatic N) is 3.